The van der Waals surface area contributed by atoms with Crippen molar-refractivity contribution in [2.45, 2.75) is 20.1 Å². The zero-order chi connectivity index (χ0) is 24.1. The first kappa shape index (κ1) is 23.5. The topological polar surface area (TPSA) is 67.9 Å². The van der Waals surface area contributed by atoms with E-state index in [1.165, 1.54) is 12.1 Å². The van der Waals surface area contributed by atoms with Crippen LogP contribution in [0.25, 0.3) is 6.08 Å². The van der Waals surface area contributed by atoms with Crippen LogP contribution < -0.4 is 14.8 Å². The lowest BCUT2D eigenvalue weighted by molar-refractivity contribution is -0.123. The zero-order valence-corrected chi connectivity index (χ0v) is 20.0. The van der Waals surface area contributed by atoms with Gasteiger partial charge in [0.1, 0.15) is 18.1 Å². The third-order valence-corrected chi connectivity index (χ3v) is 5.61. The Morgan fingerprint density at radius 1 is 0.971 bits per heavy atom. The second kappa shape index (κ2) is 10.5. The van der Waals surface area contributed by atoms with Crippen LogP contribution in [0.15, 0.2) is 76.9 Å². The molecule has 4 rings (SSSR count). The van der Waals surface area contributed by atoms with E-state index in [4.69, 9.17) is 9.47 Å². The smallest absolute Gasteiger partial charge is 0.329 e. The molecule has 0 unspecified atom stereocenters. The minimum absolute atomic E-state index is 0.173. The average Bonchev–Trinajstić information content (AvgIpc) is 3.07. The van der Waals surface area contributed by atoms with Crippen molar-refractivity contribution in [3.8, 4) is 11.5 Å². The van der Waals surface area contributed by atoms with Gasteiger partial charge in [-0.2, -0.15) is 0 Å². The molecule has 1 fully saturated rings. The molecule has 1 heterocycles. The predicted octanol–water partition coefficient (Wildman–Crippen LogP) is 5.66. The molecule has 3 amide bonds. The van der Waals surface area contributed by atoms with Gasteiger partial charge in [-0.15, -0.1) is 0 Å². The lowest BCUT2D eigenvalue weighted by atomic mass is 10.1. The Hall–Kier alpha value is -3.65. The van der Waals surface area contributed by atoms with Crippen molar-refractivity contribution in [1.29, 1.82) is 0 Å². The number of ether oxygens (including phenoxy) is 2. The van der Waals surface area contributed by atoms with E-state index in [0.29, 0.717) is 29.2 Å². The number of hydrogen-bond donors (Lipinski definition) is 1. The standard InChI is InChI=1S/C26H22BrFN2O4/c1-2-33-24-14-18(8-11-23(24)34-16-19-4-3-5-21(28)12-19)13-22-25(31)30(26(32)29-22)15-17-6-9-20(27)10-7-17/h3-14H,2,15-16H2,1H3,(H,29,32)/b22-13+. The van der Waals surface area contributed by atoms with Crippen molar-refractivity contribution in [2.24, 2.45) is 0 Å². The molecule has 0 aliphatic carbocycles. The van der Waals surface area contributed by atoms with Crippen molar-refractivity contribution in [2.75, 3.05) is 6.61 Å². The van der Waals surface area contributed by atoms with Crippen molar-refractivity contribution >= 4 is 33.9 Å². The summed E-state index contributed by atoms with van der Waals surface area (Å²) in [5.74, 6) is 0.242. The van der Waals surface area contributed by atoms with E-state index >= 15 is 0 Å². The Morgan fingerprint density at radius 2 is 1.76 bits per heavy atom. The molecule has 34 heavy (non-hydrogen) atoms. The van der Waals surface area contributed by atoms with Crippen LogP contribution in [0.2, 0.25) is 0 Å². The monoisotopic (exact) mass is 524 g/mol. The first-order valence-electron chi connectivity index (χ1n) is 10.7. The van der Waals surface area contributed by atoms with Gasteiger partial charge >= 0.3 is 6.03 Å². The van der Waals surface area contributed by atoms with Gasteiger partial charge in [0.2, 0.25) is 0 Å². The second-order valence-electron chi connectivity index (χ2n) is 7.56. The molecular formula is C26H22BrFN2O4. The number of nitrogens with one attached hydrogen (secondary N) is 1. The number of carbonyl (C=O) groups is 2. The van der Waals surface area contributed by atoms with Crippen molar-refractivity contribution in [1.82, 2.24) is 10.2 Å². The van der Waals surface area contributed by atoms with E-state index in [-0.39, 0.29) is 24.7 Å². The quantitative estimate of drug-likeness (QED) is 0.305. The summed E-state index contributed by atoms with van der Waals surface area (Å²) < 4.78 is 25.9. The number of imide groups is 1. The molecule has 0 aromatic heterocycles. The first-order chi connectivity index (χ1) is 16.4. The second-order valence-corrected chi connectivity index (χ2v) is 8.48. The number of carbonyl (C=O) groups excluding carboxylic acids is 2. The summed E-state index contributed by atoms with van der Waals surface area (Å²) in [5, 5.41) is 2.63. The van der Waals surface area contributed by atoms with Crippen LogP contribution >= 0.6 is 15.9 Å². The molecule has 3 aromatic carbocycles. The SMILES string of the molecule is CCOc1cc(/C=C2/NC(=O)N(Cc3ccc(Br)cc3)C2=O)ccc1OCc1cccc(F)c1. The van der Waals surface area contributed by atoms with E-state index < -0.39 is 11.9 Å². The molecule has 1 saturated heterocycles. The summed E-state index contributed by atoms with van der Waals surface area (Å²) in [4.78, 5) is 26.4. The third kappa shape index (κ3) is 5.63. The van der Waals surface area contributed by atoms with Gasteiger partial charge in [0, 0.05) is 4.47 Å². The predicted molar refractivity (Wildman–Crippen MR) is 130 cm³/mol. The summed E-state index contributed by atoms with van der Waals surface area (Å²) in [6.07, 6.45) is 1.60. The Morgan fingerprint density at radius 3 is 2.50 bits per heavy atom. The molecule has 0 radical (unpaired) electrons. The fraction of sp³-hybridized carbons (Fsp3) is 0.154. The first-order valence-corrected chi connectivity index (χ1v) is 11.5. The van der Waals surface area contributed by atoms with Gasteiger partial charge in [0.15, 0.2) is 11.5 Å². The minimum Gasteiger partial charge on any atom is -0.490 e. The Labute approximate surface area is 205 Å². The van der Waals surface area contributed by atoms with Crippen LogP contribution in [0.3, 0.4) is 0 Å². The molecule has 8 heteroatoms. The van der Waals surface area contributed by atoms with Gasteiger partial charge < -0.3 is 14.8 Å². The maximum Gasteiger partial charge on any atom is 0.329 e. The summed E-state index contributed by atoms with van der Waals surface area (Å²) in [7, 11) is 0. The molecule has 0 atom stereocenters. The number of urea groups is 1. The molecule has 3 aromatic rings. The van der Waals surface area contributed by atoms with E-state index in [9.17, 15) is 14.0 Å². The summed E-state index contributed by atoms with van der Waals surface area (Å²) >= 11 is 3.37. The lowest BCUT2D eigenvalue weighted by Gasteiger charge is -2.13. The lowest BCUT2D eigenvalue weighted by Crippen LogP contribution is -2.30. The summed E-state index contributed by atoms with van der Waals surface area (Å²) in [5.41, 5.74) is 2.37. The molecule has 0 spiro atoms. The highest BCUT2D eigenvalue weighted by Crippen LogP contribution is 2.30. The van der Waals surface area contributed by atoms with Crippen LogP contribution in [0.4, 0.5) is 9.18 Å². The summed E-state index contributed by atoms with van der Waals surface area (Å²) in [6.45, 7) is 2.61. The van der Waals surface area contributed by atoms with Gasteiger partial charge in [-0.05, 0) is 66.1 Å². The van der Waals surface area contributed by atoms with Crippen molar-refractivity contribution in [3.05, 3.63) is 99.4 Å². The van der Waals surface area contributed by atoms with Crippen LogP contribution in [0.1, 0.15) is 23.6 Å². The van der Waals surface area contributed by atoms with Crippen LogP contribution in [-0.4, -0.2) is 23.4 Å². The van der Waals surface area contributed by atoms with E-state index in [1.54, 1.807) is 36.4 Å². The number of rotatable bonds is 8. The van der Waals surface area contributed by atoms with Gasteiger partial charge in [-0.1, -0.05) is 46.3 Å². The number of halogens is 2. The molecule has 174 valence electrons. The van der Waals surface area contributed by atoms with Gasteiger partial charge in [-0.25, -0.2) is 9.18 Å². The van der Waals surface area contributed by atoms with Crippen LogP contribution in [0.5, 0.6) is 11.5 Å². The average molecular weight is 525 g/mol. The number of benzene rings is 3. The number of hydrogen-bond acceptors (Lipinski definition) is 4. The fourth-order valence-corrected chi connectivity index (χ4v) is 3.71. The molecule has 0 bridgehead atoms. The molecule has 1 aliphatic rings. The van der Waals surface area contributed by atoms with E-state index in [1.807, 2.05) is 31.2 Å². The van der Waals surface area contributed by atoms with Crippen molar-refractivity contribution < 1.29 is 23.5 Å². The fourth-order valence-electron chi connectivity index (χ4n) is 3.44. The number of amides is 3. The number of nitrogens with zero attached hydrogens (tertiary/aromatic N) is 1. The highest BCUT2D eigenvalue weighted by atomic mass is 79.9. The minimum atomic E-state index is -0.473. The highest BCUT2D eigenvalue weighted by molar-refractivity contribution is 9.10. The maximum absolute atomic E-state index is 13.4. The Kier molecular flexibility index (Phi) is 7.27. The molecule has 1 N–H and O–H groups in total. The van der Waals surface area contributed by atoms with Crippen LogP contribution in [-0.2, 0) is 17.9 Å². The van der Waals surface area contributed by atoms with Crippen molar-refractivity contribution in [3.63, 3.8) is 0 Å². The third-order valence-electron chi connectivity index (χ3n) is 5.08. The van der Waals surface area contributed by atoms with Gasteiger partial charge in [0.25, 0.3) is 5.91 Å². The largest absolute Gasteiger partial charge is 0.490 e. The van der Waals surface area contributed by atoms with Gasteiger partial charge in [0.05, 0.1) is 13.2 Å². The van der Waals surface area contributed by atoms with E-state index in [2.05, 4.69) is 21.2 Å². The summed E-state index contributed by atoms with van der Waals surface area (Å²) in [6, 6.07) is 18.3. The molecule has 0 saturated carbocycles. The Balaban J connectivity index is 1.50. The van der Waals surface area contributed by atoms with Gasteiger partial charge in [-0.3, -0.25) is 9.69 Å². The highest BCUT2D eigenvalue weighted by Gasteiger charge is 2.33. The zero-order valence-electron chi connectivity index (χ0n) is 18.4. The van der Waals surface area contributed by atoms with E-state index in [0.717, 1.165) is 14.9 Å². The normalized spacial score (nSPS) is 14.4. The molecular weight excluding hydrogens is 503 g/mol. The maximum atomic E-state index is 13.4. The molecule has 6 nitrogen and oxygen atoms in total. The van der Waals surface area contributed by atoms with Crippen LogP contribution in [0, 0.1) is 5.82 Å². The Bertz CT molecular complexity index is 1240. The molecule has 1 aliphatic heterocycles.